The number of carbonyl (C=O) groups is 1. The second kappa shape index (κ2) is 7.91. The van der Waals surface area contributed by atoms with Crippen LogP contribution in [0.2, 0.25) is 5.02 Å². The fourth-order valence-electron chi connectivity index (χ4n) is 2.30. The van der Waals surface area contributed by atoms with Gasteiger partial charge in [-0.15, -0.1) is 11.8 Å². The standard InChI is InChI=1S/C15H21ClN2OS/c1-11(12-3-2-4-13(16)9-12)18-15(19)10-20-14-5-7-17-8-6-14/h2-4,9,11,14,17H,5-8,10H2,1H3,(H,18,19)/t11-/m0/s1. The summed E-state index contributed by atoms with van der Waals surface area (Å²) in [6, 6.07) is 7.62. The van der Waals surface area contributed by atoms with Crippen LogP contribution in [0.4, 0.5) is 0 Å². The second-order valence-corrected chi connectivity index (χ2v) is 6.83. The summed E-state index contributed by atoms with van der Waals surface area (Å²) in [5, 5.41) is 7.68. The van der Waals surface area contributed by atoms with Gasteiger partial charge in [-0.05, 0) is 50.6 Å². The smallest absolute Gasteiger partial charge is 0.230 e. The molecule has 110 valence electrons. The molecule has 1 aliphatic rings. The zero-order chi connectivity index (χ0) is 14.4. The van der Waals surface area contributed by atoms with E-state index < -0.39 is 0 Å². The Morgan fingerprint density at radius 1 is 1.50 bits per heavy atom. The van der Waals surface area contributed by atoms with Gasteiger partial charge in [-0.3, -0.25) is 4.79 Å². The quantitative estimate of drug-likeness (QED) is 0.878. The third kappa shape index (κ3) is 5.00. The number of rotatable bonds is 5. The molecule has 0 unspecified atom stereocenters. The van der Waals surface area contributed by atoms with Crippen molar-refractivity contribution < 1.29 is 4.79 Å². The number of carbonyl (C=O) groups excluding carboxylic acids is 1. The highest BCUT2D eigenvalue weighted by molar-refractivity contribution is 8.00. The molecule has 0 saturated carbocycles. The highest BCUT2D eigenvalue weighted by atomic mass is 35.5. The summed E-state index contributed by atoms with van der Waals surface area (Å²) in [6.07, 6.45) is 2.31. The van der Waals surface area contributed by atoms with E-state index in [-0.39, 0.29) is 11.9 Å². The van der Waals surface area contributed by atoms with Gasteiger partial charge in [0.1, 0.15) is 0 Å². The highest BCUT2D eigenvalue weighted by Crippen LogP contribution is 2.21. The van der Waals surface area contributed by atoms with Crippen LogP contribution in [0.5, 0.6) is 0 Å². The van der Waals surface area contributed by atoms with Gasteiger partial charge in [-0.25, -0.2) is 0 Å². The molecular weight excluding hydrogens is 292 g/mol. The number of piperidine rings is 1. The molecule has 0 bridgehead atoms. The van der Waals surface area contributed by atoms with Gasteiger partial charge < -0.3 is 10.6 Å². The first-order valence-electron chi connectivity index (χ1n) is 7.02. The molecule has 1 amide bonds. The summed E-state index contributed by atoms with van der Waals surface area (Å²) in [5.74, 6) is 0.635. The molecule has 20 heavy (non-hydrogen) atoms. The third-order valence-corrected chi connectivity index (χ3v) is 5.07. The van der Waals surface area contributed by atoms with E-state index in [1.807, 2.05) is 31.2 Å². The molecule has 2 N–H and O–H groups in total. The number of benzene rings is 1. The predicted octanol–water partition coefficient (Wildman–Crippen LogP) is 3.00. The van der Waals surface area contributed by atoms with Gasteiger partial charge in [0.25, 0.3) is 0 Å². The zero-order valence-electron chi connectivity index (χ0n) is 11.7. The predicted molar refractivity (Wildman–Crippen MR) is 86.4 cm³/mol. The Kier molecular flexibility index (Phi) is 6.20. The minimum Gasteiger partial charge on any atom is -0.349 e. The van der Waals surface area contributed by atoms with Gasteiger partial charge in [0.15, 0.2) is 0 Å². The minimum absolute atomic E-state index is 0.00479. The molecule has 0 aliphatic carbocycles. The van der Waals surface area contributed by atoms with E-state index in [9.17, 15) is 4.79 Å². The average Bonchev–Trinajstić information content (AvgIpc) is 2.46. The molecule has 1 fully saturated rings. The van der Waals surface area contributed by atoms with Crippen LogP contribution in [0, 0.1) is 0 Å². The minimum atomic E-state index is -0.00479. The monoisotopic (exact) mass is 312 g/mol. The van der Waals surface area contributed by atoms with Crippen molar-refractivity contribution in [1.82, 2.24) is 10.6 Å². The number of hydrogen-bond acceptors (Lipinski definition) is 3. The number of halogens is 1. The lowest BCUT2D eigenvalue weighted by atomic mass is 10.1. The van der Waals surface area contributed by atoms with Crippen molar-refractivity contribution in [2.24, 2.45) is 0 Å². The molecule has 2 rings (SSSR count). The maximum Gasteiger partial charge on any atom is 0.230 e. The molecule has 0 aromatic heterocycles. The Morgan fingerprint density at radius 3 is 2.95 bits per heavy atom. The van der Waals surface area contributed by atoms with Crippen LogP contribution in [0.1, 0.15) is 31.4 Å². The summed E-state index contributed by atoms with van der Waals surface area (Å²) in [6.45, 7) is 4.12. The normalized spacial score (nSPS) is 17.7. The Balaban J connectivity index is 1.76. The maximum absolute atomic E-state index is 12.0. The fourth-order valence-corrected chi connectivity index (χ4v) is 3.54. The van der Waals surface area contributed by atoms with Crippen LogP contribution in [-0.4, -0.2) is 30.0 Å². The fraction of sp³-hybridized carbons (Fsp3) is 0.533. The highest BCUT2D eigenvalue weighted by Gasteiger charge is 2.16. The van der Waals surface area contributed by atoms with E-state index in [0.717, 1.165) is 31.5 Å². The maximum atomic E-state index is 12.0. The first-order valence-corrected chi connectivity index (χ1v) is 8.45. The molecule has 1 aromatic rings. The molecule has 0 radical (unpaired) electrons. The zero-order valence-corrected chi connectivity index (χ0v) is 13.3. The number of thioether (sulfide) groups is 1. The molecule has 3 nitrogen and oxygen atoms in total. The van der Waals surface area contributed by atoms with E-state index in [1.54, 1.807) is 11.8 Å². The second-order valence-electron chi connectivity index (χ2n) is 5.10. The Hall–Kier alpha value is -0.710. The topological polar surface area (TPSA) is 41.1 Å². The van der Waals surface area contributed by atoms with Crippen LogP contribution < -0.4 is 10.6 Å². The van der Waals surface area contributed by atoms with Crippen molar-refractivity contribution >= 4 is 29.3 Å². The van der Waals surface area contributed by atoms with Crippen molar-refractivity contribution in [2.75, 3.05) is 18.8 Å². The molecule has 1 saturated heterocycles. The van der Waals surface area contributed by atoms with Gasteiger partial charge in [0.05, 0.1) is 11.8 Å². The summed E-state index contributed by atoms with van der Waals surface area (Å²) in [4.78, 5) is 12.0. The van der Waals surface area contributed by atoms with Crippen LogP contribution in [0.15, 0.2) is 24.3 Å². The van der Waals surface area contributed by atoms with Gasteiger partial charge in [0, 0.05) is 10.3 Å². The molecule has 1 atom stereocenters. The van der Waals surface area contributed by atoms with Crippen LogP contribution in [-0.2, 0) is 4.79 Å². The molecule has 1 aromatic carbocycles. The van der Waals surface area contributed by atoms with Gasteiger partial charge in [-0.1, -0.05) is 23.7 Å². The van der Waals surface area contributed by atoms with Crippen LogP contribution in [0.25, 0.3) is 0 Å². The number of nitrogens with one attached hydrogen (secondary N) is 2. The van der Waals surface area contributed by atoms with E-state index in [0.29, 0.717) is 16.0 Å². The number of amides is 1. The van der Waals surface area contributed by atoms with Crippen molar-refractivity contribution in [1.29, 1.82) is 0 Å². The molecule has 1 heterocycles. The van der Waals surface area contributed by atoms with E-state index >= 15 is 0 Å². The van der Waals surface area contributed by atoms with Crippen LogP contribution in [0.3, 0.4) is 0 Å². The Bertz CT molecular complexity index is 449. The molecular formula is C15H21ClN2OS. The van der Waals surface area contributed by atoms with Crippen molar-refractivity contribution in [2.45, 2.75) is 31.1 Å². The first kappa shape index (κ1) is 15.7. The van der Waals surface area contributed by atoms with E-state index in [2.05, 4.69) is 10.6 Å². The van der Waals surface area contributed by atoms with Crippen molar-refractivity contribution in [3.05, 3.63) is 34.9 Å². The Morgan fingerprint density at radius 2 is 2.25 bits per heavy atom. The lowest BCUT2D eigenvalue weighted by Gasteiger charge is -2.22. The Labute approximate surface area is 129 Å². The SMILES string of the molecule is C[C@H](NC(=O)CSC1CCNCC1)c1cccc(Cl)c1. The van der Waals surface area contributed by atoms with Crippen molar-refractivity contribution in [3.63, 3.8) is 0 Å². The molecule has 1 aliphatic heterocycles. The van der Waals surface area contributed by atoms with E-state index in [1.165, 1.54) is 0 Å². The van der Waals surface area contributed by atoms with Crippen LogP contribution >= 0.6 is 23.4 Å². The number of hydrogen-bond donors (Lipinski definition) is 2. The molecule has 5 heteroatoms. The van der Waals surface area contributed by atoms with Gasteiger partial charge in [0.2, 0.25) is 5.91 Å². The average molecular weight is 313 g/mol. The third-order valence-electron chi connectivity index (χ3n) is 3.46. The van der Waals surface area contributed by atoms with Crippen molar-refractivity contribution in [3.8, 4) is 0 Å². The lowest BCUT2D eigenvalue weighted by Crippen LogP contribution is -2.32. The molecule has 0 spiro atoms. The summed E-state index contributed by atoms with van der Waals surface area (Å²) >= 11 is 7.73. The first-order chi connectivity index (χ1) is 9.65. The van der Waals surface area contributed by atoms with Gasteiger partial charge >= 0.3 is 0 Å². The summed E-state index contributed by atoms with van der Waals surface area (Å²) in [5.41, 5.74) is 1.04. The largest absolute Gasteiger partial charge is 0.349 e. The van der Waals surface area contributed by atoms with Gasteiger partial charge in [-0.2, -0.15) is 0 Å². The van der Waals surface area contributed by atoms with E-state index in [4.69, 9.17) is 11.6 Å². The lowest BCUT2D eigenvalue weighted by molar-refractivity contribution is -0.119. The summed E-state index contributed by atoms with van der Waals surface area (Å²) in [7, 11) is 0. The summed E-state index contributed by atoms with van der Waals surface area (Å²) < 4.78 is 0.